The average molecular weight is 418 g/mol. The molecule has 0 bridgehead atoms. The topological polar surface area (TPSA) is 119 Å². The van der Waals surface area contributed by atoms with Gasteiger partial charge in [-0.3, -0.25) is 4.79 Å². The minimum atomic E-state index is -0.175. The number of nitrogen functional groups attached to an aromatic ring is 1. The van der Waals surface area contributed by atoms with E-state index in [0.29, 0.717) is 5.16 Å². The summed E-state index contributed by atoms with van der Waals surface area (Å²) in [6, 6.07) is 9.32. The standard InChI is InChI=1S/C17H19N7O2S2/c1-11-8-12(26-2)5-6-14(11)20-15(25)10-28-17-23-22-16(24(17)18)21-19-9-13-4-3-7-27-13/h3-9H,10,18H2,1-2H3,(H,20,25)(H,21,22)/b19-9+. The van der Waals surface area contributed by atoms with Crippen LogP contribution in [0.3, 0.4) is 0 Å². The lowest BCUT2D eigenvalue weighted by atomic mass is 10.2. The minimum absolute atomic E-state index is 0.138. The van der Waals surface area contributed by atoms with E-state index in [1.807, 2.05) is 30.5 Å². The molecule has 0 unspecified atom stereocenters. The Kier molecular flexibility index (Phi) is 6.50. The second kappa shape index (κ2) is 9.24. The van der Waals surface area contributed by atoms with Gasteiger partial charge in [-0.15, -0.1) is 21.5 Å². The van der Waals surface area contributed by atoms with Crippen LogP contribution in [-0.2, 0) is 4.79 Å². The van der Waals surface area contributed by atoms with Crippen LogP contribution in [0.4, 0.5) is 11.6 Å². The van der Waals surface area contributed by atoms with Crippen LogP contribution in [-0.4, -0.2) is 39.9 Å². The molecule has 3 aromatic rings. The van der Waals surface area contributed by atoms with Crippen molar-refractivity contribution < 1.29 is 9.53 Å². The summed E-state index contributed by atoms with van der Waals surface area (Å²) in [4.78, 5) is 13.2. The van der Waals surface area contributed by atoms with E-state index in [9.17, 15) is 4.79 Å². The van der Waals surface area contributed by atoms with Gasteiger partial charge in [-0.1, -0.05) is 17.8 Å². The summed E-state index contributed by atoms with van der Waals surface area (Å²) in [5.74, 6) is 6.93. The molecule has 2 heterocycles. The molecule has 0 saturated carbocycles. The molecule has 146 valence electrons. The molecule has 28 heavy (non-hydrogen) atoms. The molecule has 0 aliphatic rings. The van der Waals surface area contributed by atoms with E-state index in [0.717, 1.165) is 21.9 Å². The first-order chi connectivity index (χ1) is 13.6. The fourth-order valence-electron chi connectivity index (χ4n) is 2.19. The van der Waals surface area contributed by atoms with Crippen molar-refractivity contribution in [1.29, 1.82) is 0 Å². The molecule has 0 aliphatic heterocycles. The van der Waals surface area contributed by atoms with Crippen molar-refractivity contribution in [1.82, 2.24) is 14.9 Å². The van der Waals surface area contributed by atoms with Crippen LogP contribution in [0.5, 0.6) is 5.75 Å². The van der Waals surface area contributed by atoms with Crippen molar-refractivity contribution in [2.24, 2.45) is 5.10 Å². The molecule has 3 rings (SSSR count). The van der Waals surface area contributed by atoms with E-state index in [1.165, 1.54) is 16.4 Å². The number of ether oxygens (including phenoxy) is 1. The highest BCUT2D eigenvalue weighted by molar-refractivity contribution is 7.99. The van der Waals surface area contributed by atoms with Crippen LogP contribution in [0.2, 0.25) is 0 Å². The molecular formula is C17H19N7O2S2. The average Bonchev–Trinajstić information content (AvgIpc) is 3.32. The number of thioether (sulfide) groups is 1. The Morgan fingerprint density at radius 2 is 2.29 bits per heavy atom. The SMILES string of the molecule is COc1ccc(NC(=O)CSc2nnc(N/N=C/c3cccs3)n2N)c(C)c1. The maximum atomic E-state index is 12.2. The van der Waals surface area contributed by atoms with Gasteiger partial charge in [-0.2, -0.15) is 5.10 Å². The number of thiophene rings is 1. The number of nitrogens with two attached hydrogens (primary N) is 1. The molecule has 0 aliphatic carbocycles. The van der Waals surface area contributed by atoms with E-state index < -0.39 is 0 Å². The summed E-state index contributed by atoms with van der Waals surface area (Å²) in [5, 5.41) is 17.2. The van der Waals surface area contributed by atoms with E-state index >= 15 is 0 Å². The highest BCUT2D eigenvalue weighted by Gasteiger charge is 2.12. The van der Waals surface area contributed by atoms with Crippen molar-refractivity contribution in [3.05, 3.63) is 46.2 Å². The molecule has 4 N–H and O–H groups in total. The summed E-state index contributed by atoms with van der Waals surface area (Å²) in [6.45, 7) is 1.90. The van der Waals surface area contributed by atoms with Gasteiger partial charge in [0.25, 0.3) is 5.95 Å². The van der Waals surface area contributed by atoms with Crippen molar-refractivity contribution >= 4 is 46.9 Å². The van der Waals surface area contributed by atoms with E-state index in [-0.39, 0.29) is 17.6 Å². The number of amides is 1. The normalized spacial score (nSPS) is 10.9. The third-order valence-corrected chi connectivity index (χ3v) is 5.35. The minimum Gasteiger partial charge on any atom is -0.497 e. The number of hydrogen-bond donors (Lipinski definition) is 3. The second-order valence-corrected chi connectivity index (χ2v) is 7.50. The van der Waals surface area contributed by atoms with Crippen molar-refractivity contribution in [2.45, 2.75) is 12.1 Å². The van der Waals surface area contributed by atoms with Gasteiger partial charge in [0.05, 0.1) is 19.1 Å². The molecule has 1 amide bonds. The summed E-state index contributed by atoms with van der Waals surface area (Å²) in [6.07, 6.45) is 1.66. The zero-order chi connectivity index (χ0) is 19.9. The monoisotopic (exact) mass is 417 g/mol. The second-order valence-electron chi connectivity index (χ2n) is 5.58. The maximum Gasteiger partial charge on any atom is 0.264 e. The zero-order valence-electron chi connectivity index (χ0n) is 15.2. The van der Waals surface area contributed by atoms with Crippen LogP contribution in [0, 0.1) is 6.92 Å². The number of benzene rings is 1. The third-order valence-electron chi connectivity index (χ3n) is 3.60. The van der Waals surface area contributed by atoms with Gasteiger partial charge in [0.15, 0.2) is 0 Å². The lowest BCUT2D eigenvalue weighted by Crippen LogP contribution is -2.17. The van der Waals surface area contributed by atoms with Crippen molar-refractivity contribution in [3.8, 4) is 5.75 Å². The van der Waals surface area contributed by atoms with Gasteiger partial charge < -0.3 is 15.9 Å². The molecule has 11 heteroatoms. The number of anilines is 2. The number of carbonyl (C=O) groups is 1. The Bertz CT molecular complexity index is 970. The molecule has 2 aromatic heterocycles. The first kappa shape index (κ1) is 19.7. The Morgan fingerprint density at radius 3 is 3.00 bits per heavy atom. The zero-order valence-corrected chi connectivity index (χ0v) is 16.9. The number of hydrazone groups is 1. The molecule has 0 saturated heterocycles. The van der Waals surface area contributed by atoms with Gasteiger partial charge in [0, 0.05) is 10.6 Å². The Morgan fingerprint density at radius 1 is 1.43 bits per heavy atom. The van der Waals surface area contributed by atoms with Gasteiger partial charge >= 0.3 is 0 Å². The highest BCUT2D eigenvalue weighted by Crippen LogP contribution is 2.22. The first-order valence-corrected chi connectivity index (χ1v) is 10.0. The number of aromatic nitrogens is 3. The van der Waals surface area contributed by atoms with Gasteiger partial charge in [-0.25, -0.2) is 10.1 Å². The summed E-state index contributed by atoms with van der Waals surface area (Å²) in [5.41, 5.74) is 4.37. The fraction of sp³-hybridized carbons (Fsp3) is 0.176. The Balaban J connectivity index is 1.53. The van der Waals surface area contributed by atoms with Crippen LogP contribution in [0.15, 0.2) is 46.0 Å². The molecule has 9 nitrogen and oxygen atoms in total. The predicted octanol–water partition coefficient (Wildman–Crippen LogP) is 2.55. The lowest BCUT2D eigenvalue weighted by Gasteiger charge is -2.09. The lowest BCUT2D eigenvalue weighted by molar-refractivity contribution is -0.113. The summed E-state index contributed by atoms with van der Waals surface area (Å²) >= 11 is 2.74. The Hall–Kier alpha value is -3.05. The predicted molar refractivity (Wildman–Crippen MR) is 113 cm³/mol. The Labute approximate surface area is 170 Å². The highest BCUT2D eigenvalue weighted by atomic mass is 32.2. The molecule has 0 radical (unpaired) electrons. The summed E-state index contributed by atoms with van der Waals surface area (Å²) in [7, 11) is 1.60. The molecule has 0 atom stereocenters. The molecule has 1 aromatic carbocycles. The van der Waals surface area contributed by atoms with E-state index in [4.69, 9.17) is 10.6 Å². The van der Waals surface area contributed by atoms with Crippen LogP contribution in [0.1, 0.15) is 10.4 Å². The molecule has 0 fully saturated rings. The van der Waals surface area contributed by atoms with E-state index in [1.54, 1.807) is 36.8 Å². The summed E-state index contributed by atoms with van der Waals surface area (Å²) < 4.78 is 6.41. The van der Waals surface area contributed by atoms with Gasteiger partial charge in [0.1, 0.15) is 5.75 Å². The number of carbonyl (C=O) groups excluding carboxylic acids is 1. The fourth-order valence-corrected chi connectivity index (χ4v) is 3.43. The largest absolute Gasteiger partial charge is 0.497 e. The number of methoxy groups -OCH3 is 1. The third kappa shape index (κ3) is 5.02. The quantitative estimate of drug-likeness (QED) is 0.223. The number of aryl methyl sites for hydroxylation is 1. The smallest absolute Gasteiger partial charge is 0.264 e. The van der Waals surface area contributed by atoms with Crippen LogP contribution in [0.25, 0.3) is 0 Å². The molecular weight excluding hydrogens is 398 g/mol. The van der Waals surface area contributed by atoms with Gasteiger partial charge in [0.2, 0.25) is 11.1 Å². The molecule has 0 spiro atoms. The van der Waals surface area contributed by atoms with Gasteiger partial charge in [-0.05, 0) is 42.1 Å². The van der Waals surface area contributed by atoms with Crippen LogP contribution < -0.4 is 21.3 Å². The number of nitrogens with zero attached hydrogens (tertiary/aromatic N) is 4. The first-order valence-electron chi connectivity index (χ1n) is 8.17. The maximum absolute atomic E-state index is 12.2. The number of hydrogen-bond acceptors (Lipinski definition) is 9. The van der Waals surface area contributed by atoms with Crippen molar-refractivity contribution in [2.75, 3.05) is 29.4 Å². The van der Waals surface area contributed by atoms with Crippen LogP contribution >= 0.6 is 23.1 Å². The number of nitrogens with one attached hydrogen (secondary N) is 2. The van der Waals surface area contributed by atoms with E-state index in [2.05, 4.69) is 26.0 Å². The van der Waals surface area contributed by atoms with Crippen molar-refractivity contribution in [3.63, 3.8) is 0 Å². The number of rotatable bonds is 8.